The Morgan fingerprint density at radius 3 is 2.45 bits per heavy atom. The Hall–Kier alpha value is -3.55. The third-order valence-corrected chi connectivity index (χ3v) is 6.36. The number of fused-ring (bicyclic) bond motifs is 1. The molecule has 0 unspecified atom stereocenters. The second-order valence-electron chi connectivity index (χ2n) is 8.72. The molecule has 0 saturated carbocycles. The van der Waals surface area contributed by atoms with Crippen LogP contribution < -0.4 is 4.90 Å². The predicted octanol–water partition coefficient (Wildman–Crippen LogP) is 3.60. The first-order valence-electron chi connectivity index (χ1n) is 11.3. The molecule has 33 heavy (non-hydrogen) atoms. The monoisotopic (exact) mass is 446 g/mol. The third-order valence-electron chi connectivity index (χ3n) is 6.36. The maximum Gasteiger partial charge on any atom is 0.219 e. The first kappa shape index (κ1) is 21.3. The highest BCUT2D eigenvalue weighted by molar-refractivity contribution is 5.74. The van der Waals surface area contributed by atoms with Crippen LogP contribution in [0.1, 0.15) is 36.7 Å². The van der Waals surface area contributed by atoms with Crippen molar-refractivity contribution in [1.82, 2.24) is 24.6 Å². The van der Waals surface area contributed by atoms with E-state index in [1.807, 2.05) is 36.5 Å². The number of benzene rings is 1. The van der Waals surface area contributed by atoms with Crippen LogP contribution in [0, 0.1) is 5.82 Å². The molecule has 7 nitrogen and oxygen atoms in total. The summed E-state index contributed by atoms with van der Waals surface area (Å²) in [6.07, 6.45) is 8.48. The number of halogens is 1. The quantitative estimate of drug-likeness (QED) is 0.615. The molecule has 2 aromatic heterocycles. The van der Waals surface area contributed by atoms with E-state index in [0.717, 1.165) is 60.0 Å². The zero-order chi connectivity index (χ0) is 22.9. The van der Waals surface area contributed by atoms with Gasteiger partial charge in [-0.15, -0.1) is 0 Å². The van der Waals surface area contributed by atoms with E-state index in [2.05, 4.69) is 16.1 Å². The van der Waals surface area contributed by atoms with Crippen molar-refractivity contribution in [1.29, 1.82) is 0 Å². The van der Waals surface area contributed by atoms with Crippen LogP contribution in [0.3, 0.4) is 0 Å². The fraction of sp³-hybridized carbons (Fsp3) is 0.360. The lowest BCUT2D eigenvalue weighted by Gasteiger charge is -2.33. The van der Waals surface area contributed by atoms with Gasteiger partial charge in [-0.3, -0.25) is 9.48 Å². The number of aromatic nitrogens is 4. The van der Waals surface area contributed by atoms with Crippen LogP contribution in [0.2, 0.25) is 0 Å². The van der Waals surface area contributed by atoms with Crippen LogP contribution in [-0.4, -0.2) is 50.2 Å². The van der Waals surface area contributed by atoms with Gasteiger partial charge in [0.05, 0.1) is 24.1 Å². The molecule has 0 spiro atoms. The Bertz CT molecular complexity index is 1210. The van der Waals surface area contributed by atoms with Crippen LogP contribution >= 0.6 is 0 Å². The van der Waals surface area contributed by atoms with E-state index in [9.17, 15) is 9.18 Å². The van der Waals surface area contributed by atoms with Crippen molar-refractivity contribution in [2.24, 2.45) is 7.05 Å². The van der Waals surface area contributed by atoms with Gasteiger partial charge in [-0.05, 0) is 30.5 Å². The van der Waals surface area contributed by atoms with Crippen molar-refractivity contribution in [3.63, 3.8) is 0 Å². The number of piperidine rings is 1. The van der Waals surface area contributed by atoms with Crippen molar-refractivity contribution in [2.45, 2.75) is 32.7 Å². The van der Waals surface area contributed by atoms with Gasteiger partial charge >= 0.3 is 0 Å². The second kappa shape index (κ2) is 8.77. The molecule has 0 atom stereocenters. The number of aryl methyl sites for hydroxylation is 1. The van der Waals surface area contributed by atoms with E-state index < -0.39 is 0 Å². The summed E-state index contributed by atoms with van der Waals surface area (Å²) < 4.78 is 15.0. The number of anilines is 1. The van der Waals surface area contributed by atoms with Gasteiger partial charge in [0.25, 0.3) is 0 Å². The van der Waals surface area contributed by atoms with Gasteiger partial charge in [0.2, 0.25) is 5.91 Å². The minimum absolute atomic E-state index is 0.0611. The Labute approximate surface area is 192 Å². The molecule has 2 aliphatic heterocycles. The highest BCUT2D eigenvalue weighted by Gasteiger charge is 2.27. The van der Waals surface area contributed by atoms with Crippen molar-refractivity contribution in [3.05, 3.63) is 65.0 Å². The average molecular weight is 447 g/mol. The second-order valence-corrected chi connectivity index (χ2v) is 8.72. The third kappa shape index (κ3) is 4.51. The molecule has 1 aromatic carbocycles. The van der Waals surface area contributed by atoms with Crippen LogP contribution in [0.4, 0.5) is 10.2 Å². The van der Waals surface area contributed by atoms with E-state index in [4.69, 9.17) is 9.97 Å². The molecule has 4 heterocycles. The average Bonchev–Trinajstić information content (AvgIpc) is 3.26. The smallest absolute Gasteiger partial charge is 0.219 e. The van der Waals surface area contributed by atoms with Gasteiger partial charge in [0.1, 0.15) is 11.5 Å². The Balaban J connectivity index is 1.43. The molecule has 0 radical (unpaired) electrons. The predicted molar refractivity (Wildman–Crippen MR) is 125 cm³/mol. The lowest BCUT2D eigenvalue weighted by molar-refractivity contribution is -0.129. The minimum Gasteiger partial charge on any atom is -0.354 e. The number of carbonyl (C=O) groups is 1. The van der Waals surface area contributed by atoms with Gasteiger partial charge < -0.3 is 9.80 Å². The Morgan fingerprint density at radius 1 is 1.03 bits per heavy atom. The number of hydrogen-bond donors (Lipinski definition) is 0. The first-order valence-corrected chi connectivity index (χ1v) is 11.3. The van der Waals surface area contributed by atoms with Crippen LogP contribution in [0.15, 0.2) is 42.2 Å². The van der Waals surface area contributed by atoms with Gasteiger partial charge in [0, 0.05) is 51.8 Å². The summed E-state index contributed by atoms with van der Waals surface area (Å²) in [5.74, 6) is 0.733. The lowest BCUT2D eigenvalue weighted by atomic mass is 10.0. The van der Waals surface area contributed by atoms with Gasteiger partial charge in [-0.2, -0.15) is 5.10 Å². The number of hydrogen-bond acceptors (Lipinski definition) is 5. The highest BCUT2D eigenvalue weighted by atomic mass is 19.1. The molecule has 0 bridgehead atoms. The summed E-state index contributed by atoms with van der Waals surface area (Å²) in [7, 11) is 1.89. The minimum atomic E-state index is -0.215. The van der Waals surface area contributed by atoms with Crippen LogP contribution in [0.25, 0.3) is 17.3 Å². The van der Waals surface area contributed by atoms with E-state index in [1.54, 1.807) is 11.6 Å². The highest BCUT2D eigenvalue weighted by Crippen LogP contribution is 2.33. The summed E-state index contributed by atoms with van der Waals surface area (Å²) in [5.41, 5.74) is 5.97. The molecule has 3 aromatic rings. The molecule has 5 rings (SSSR count). The number of nitrogens with zero attached hydrogens (tertiary/aromatic N) is 6. The molecular weight excluding hydrogens is 419 g/mol. The molecule has 0 aliphatic carbocycles. The van der Waals surface area contributed by atoms with Crippen LogP contribution in [-0.2, 0) is 24.8 Å². The fourth-order valence-corrected chi connectivity index (χ4v) is 4.49. The molecule has 1 amide bonds. The van der Waals surface area contributed by atoms with Crippen molar-refractivity contribution < 1.29 is 9.18 Å². The molecule has 8 heteroatoms. The van der Waals surface area contributed by atoms with E-state index in [0.29, 0.717) is 19.5 Å². The zero-order valence-electron chi connectivity index (χ0n) is 19.0. The number of amides is 1. The summed E-state index contributed by atoms with van der Waals surface area (Å²) in [6, 6.07) is 6.62. The maximum absolute atomic E-state index is 13.2. The fourth-order valence-electron chi connectivity index (χ4n) is 4.49. The summed E-state index contributed by atoms with van der Waals surface area (Å²) in [5, 5.41) is 4.33. The van der Waals surface area contributed by atoms with Gasteiger partial charge in [0.15, 0.2) is 5.82 Å². The largest absolute Gasteiger partial charge is 0.354 e. The van der Waals surface area contributed by atoms with E-state index in [-0.39, 0.29) is 11.7 Å². The summed E-state index contributed by atoms with van der Waals surface area (Å²) in [4.78, 5) is 26.1. The van der Waals surface area contributed by atoms with E-state index >= 15 is 0 Å². The van der Waals surface area contributed by atoms with Gasteiger partial charge in [-0.25, -0.2) is 14.4 Å². The number of carbonyl (C=O) groups excluding carboxylic acids is 1. The van der Waals surface area contributed by atoms with Crippen molar-refractivity contribution in [2.75, 3.05) is 24.5 Å². The molecule has 2 aliphatic rings. The zero-order valence-corrected chi connectivity index (χ0v) is 19.0. The van der Waals surface area contributed by atoms with Gasteiger partial charge in [-0.1, -0.05) is 23.8 Å². The topological polar surface area (TPSA) is 67.2 Å². The Morgan fingerprint density at radius 2 is 1.79 bits per heavy atom. The molecular formula is C25H27FN6O. The number of rotatable bonds is 3. The molecule has 1 saturated heterocycles. The van der Waals surface area contributed by atoms with Crippen LogP contribution in [0.5, 0.6) is 0 Å². The SMILES string of the molecule is CC(=O)N1CCc2nc(N3CCC(=Cc4ccc(F)cc4)CC3)c(-c3cnn(C)c3)nc2C1. The summed E-state index contributed by atoms with van der Waals surface area (Å²) in [6.45, 7) is 4.45. The molecule has 1 fully saturated rings. The standard InChI is InChI=1S/C25H27FN6O/c1-17(33)32-12-9-22-23(16-32)28-24(20-14-27-30(2)15-20)25(29-22)31-10-7-19(8-11-31)13-18-3-5-21(26)6-4-18/h3-6,13-15H,7-12,16H2,1-2H3. The van der Waals surface area contributed by atoms with Crippen molar-refractivity contribution >= 4 is 17.8 Å². The lowest BCUT2D eigenvalue weighted by Crippen LogP contribution is -2.37. The summed E-state index contributed by atoms with van der Waals surface area (Å²) >= 11 is 0. The maximum atomic E-state index is 13.2. The normalized spacial score (nSPS) is 16.0. The molecule has 170 valence electrons. The molecule has 0 N–H and O–H groups in total. The Kier molecular flexibility index (Phi) is 5.66. The van der Waals surface area contributed by atoms with Crippen molar-refractivity contribution in [3.8, 4) is 11.3 Å². The van der Waals surface area contributed by atoms with E-state index in [1.165, 1.54) is 17.7 Å². The first-order chi connectivity index (χ1) is 16.0.